The number of oxime groups is 1. The Kier molecular flexibility index (Phi) is 3.89. The van der Waals surface area contributed by atoms with E-state index < -0.39 is 0 Å². The molecule has 3 saturated carbocycles. The van der Waals surface area contributed by atoms with Gasteiger partial charge >= 0.3 is 0 Å². The molecule has 0 aliphatic heterocycles. The molecule has 6 atom stereocenters. The number of carbonyl (C=O) groups excluding carboxylic acids is 1. The van der Waals surface area contributed by atoms with Gasteiger partial charge < -0.3 is 5.21 Å². The Labute approximate surface area is 145 Å². The highest BCUT2D eigenvalue weighted by Gasteiger charge is 2.58. The van der Waals surface area contributed by atoms with Crippen LogP contribution in [0.3, 0.4) is 0 Å². The number of hydrogen-bond acceptors (Lipinski definition) is 3. The predicted octanol–water partition coefficient (Wildman–Crippen LogP) is 4.98. The zero-order chi connectivity index (χ0) is 16.9. The molecule has 3 fully saturated rings. The van der Waals surface area contributed by atoms with Gasteiger partial charge in [-0.3, -0.25) is 4.79 Å². The highest BCUT2D eigenvalue weighted by atomic mass is 16.4. The monoisotopic (exact) mass is 329 g/mol. The first-order valence-corrected chi connectivity index (χ1v) is 9.89. The number of rotatable bonds is 2. The molecule has 4 aliphatic rings. The lowest BCUT2D eigenvalue weighted by atomic mass is 9.47. The topological polar surface area (TPSA) is 49.7 Å². The number of nitrogens with zero attached hydrogens (tertiary/aromatic N) is 1. The molecule has 132 valence electrons. The minimum absolute atomic E-state index is 0.281. The van der Waals surface area contributed by atoms with Crippen LogP contribution in [0.1, 0.15) is 71.6 Å². The Morgan fingerprint density at radius 1 is 1.17 bits per heavy atom. The predicted molar refractivity (Wildman–Crippen MR) is 95.1 cm³/mol. The average molecular weight is 329 g/mol. The van der Waals surface area contributed by atoms with Crippen molar-refractivity contribution < 1.29 is 10.0 Å². The van der Waals surface area contributed by atoms with Gasteiger partial charge in [0.15, 0.2) is 5.78 Å². The van der Waals surface area contributed by atoms with E-state index in [-0.39, 0.29) is 5.41 Å². The van der Waals surface area contributed by atoms with Crippen molar-refractivity contribution >= 4 is 12.0 Å². The summed E-state index contributed by atoms with van der Waals surface area (Å²) in [4.78, 5) is 11.9. The first-order valence-electron chi connectivity index (χ1n) is 9.89. The third-order valence-electron chi connectivity index (χ3n) is 8.63. The Bertz CT molecular complexity index is 595. The summed E-state index contributed by atoms with van der Waals surface area (Å²) < 4.78 is 0. The molecule has 0 heterocycles. The summed E-state index contributed by atoms with van der Waals surface area (Å²) >= 11 is 0. The van der Waals surface area contributed by atoms with Gasteiger partial charge in [-0.1, -0.05) is 19.4 Å². The maximum atomic E-state index is 11.9. The van der Waals surface area contributed by atoms with Crippen molar-refractivity contribution in [3.63, 3.8) is 0 Å². The minimum Gasteiger partial charge on any atom is -0.411 e. The fraction of sp³-hybridized carbons (Fsp3) is 0.810. The molecule has 1 N–H and O–H groups in total. The van der Waals surface area contributed by atoms with Crippen molar-refractivity contribution in [1.82, 2.24) is 0 Å². The number of hydrogen-bond donors (Lipinski definition) is 1. The molecule has 0 aromatic rings. The van der Waals surface area contributed by atoms with Crippen LogP contribution in [0.15, 0.2) is 16.8 Å². The number of fused-ring (bicyclic) bond motifs is 5. The van der Waals surface area contributed by atoms with Crippen LogP contribution in [-0.2, 0) is 4.79 Å². The van der Waals surface area contributed by atoms with E-state index in [4.69, 9.17) is 5.21 Å². The van der Waals surface area contributed by atoms with Gasteiger partial charge in [-0.15, -0.1) is 5.16 Å². The highest BCUT2D eigenvalue weighted by Crippen LogP contribution is 2.66. The van der Waals surface area contributed by atoms with Crippen molar-refractivity contribution in [2.24, 2.45) is 39.7 Å². The maximum absolute atomic E-state index is 11.9. The Morgan fingerprint density at radius 2 is 2.00 bits per heavy atom. The van der Waals surface area contributed by atoms with E-state index >= 15 is 0 Å². The molecule has 0 aromatic heterocycles. The molecule has 3 nitrogen and oxygen atoms in total. The Morgan fingerprint density at radius 3 is 2.79 bits per heavy atom. The molecular formula is C21H31NO2. The molecule has 3 heteroatoms. The maximum Gasteiger partial charge on any atom is 0.155 e. The largest absolute Gasteiger partial charge is 0.411 e. The summed E-state index contributed by atoms with van der Waals surface area (Å²) in [5.74, 6) is 3.45. The fourth-order valence-electron chi connectivity index (χ4n) is 7.23. The van der Waals surface area contributed by atoms with Crippen LogP contribution in [0, 0.1) is 34.5 Å². The Balaban J connectivity index is 1.61. The summed E-state index contributed by atoms with van der Waals surface area (Å²) in [6.07, 6.45) is 14.1. The molecule has 0 aromatic carbocycles. The summed E-state index contributed by atoms with van der Waals surface area (Å²) in [5.41, 5.74) is 2.17. The quantitative estimate of drug-likeness (QED) is 0.441. The molecule has 0 saturated heterocycles. The van der Waals surface area contributed by atoms with Gasteiger partial charge in [0.1, 0.15) is 0 Å². The second-order valence-electron chi connectivity index (χ2n) is 9.32. The van der Waals surface area contributed by atoms with Gasteiger partial charge in [-0.05, 0) is 91.9 Å². The second kappa shape index (κ2) is 5.71. The Hall–Kier alpha value is -1.12. The normalized spacial score (nSPS) is 47.9. The van der Waals surface area contributed by atoms with Gasteiger partial charge in [0.05, 0.1) is 0 Å². The van der Waals surface area contributed by atoms with E-state index in [1.807, 2.05) is 6.08 Å². The molecule has 0 amide bonds. The first kappa shape index (κ1) is 16.4. The van der Waals surface area contributed by atoms with Crippen LogP contribution in [0.4, 0.5) is 0 Å². The van der Waals surface area contributed by atoms with Crippen molar-refractivity contribution in [2.45, 2.75) is 71.6 Å². The van der Waals surface area contributed by atoms with Gasteiger partial charge in [-0.2, -0.15) is 0 Å². The van der Waals surface area contributed by atoms with Gasteiger partial charge in [-0.25, -0.2) is 0 Å². The molecule has 0 radical (unpaired) electrons. The average Bonchev–Trinajstić information content (AvgIpc) is 2.90. The molecule has 0 bridgehead atoms. The van der Waals surface area contributed by atoms with Crippen molar-refractivity contribution in [2.75, 3.05) is 0 Å². The fourth-order valence-corrected chi connectivity index (χ4v) is 7.23. The minimum atomic E-state index is 0.281. The van der Waals surface area contributed by atoms with Crippen molar-refractivity contribution in [1.29, 1.82) is 0 Å². The van der Waals surface area contributed by atoms with Crippen LogP contribution in [-0.4, -0.2) is 17.2 Å². The third-order valence-corrected chi connectivity index (χ3v) is 8.63. The van der Waals surface area contributed by atoms with Crippen LogP contribution < -0.4 is 0 Å². The molecule has 0 spiro atoms. The molecule has 4 rings (SSSR count). The summed E-state index contributed by atoms with van der Waals surface area (Å²) in [5, 5.41) is 12.1. The smallest absolute Gasteiger partial charge is 0.155 e. The SMILES string of the molecule is C[C@]12CCC(=O)C=C1CC[C@@H]1[C@@H]2CC[C@]2(C)C(C/C=N/O)CC[C@@H]12. The van der Waals surface area contributed by atoms with E-state index in [2.05, 4.69) is 19.0 Å². The summed E-state index contributed by atoms with van der Waals surface area (Å²) in [7, 11) is 0. The lowest BCUT2D eigenvalue weighted by Crippen LogP contribution is -2.50. The van der Waals surface area contributed by atoms with Crippen LogP contribution >= 0.6 is 0 Å². The number of allylic oxidation sites excluding steroid dienone is 1. The van der Waals surface area contributed by atoms with Gasteiger partial charge in [0.25, 0.3) is 0 Å². The first-order chi connectivity index (χ1) is 11.5. The molecule has 1 unspecified atom stereocenters. The molecule has 24 heavy (non-hydrogen) atoms. The third kappa shape index (κ3) is 2.23. The zero-order valence-electron chi connectivity index (χ0n) is 15.1. The molecule has 4 aliphatic carbocycles. The van der Waals surface area contributed by atoms with Crippen LogP contribution in [0.2, 0.25) is 0 Å². The summed E-state index contributed by atoms with van der Waals surface area (Å²) in [6, 6.07) is 0. The van der Waals surface area contributed by atoms with Crippen LogP contribution in [0.5, 0.6) is 0 Å². The van der Waals surface area contributed by atoms with E-state index in [0.717, 1.165) is 43.4 Å². The molecular weight excluding hydrogens is 298 g/mol. The van der Waals surface area contributed by atoms with E-state index in [0.29, 0.717) is 17.1 Å². The van der Waals surface area contributed by atoms with E-state index in [9.17, 15) is 4.79 Å². The number of ketones is 1. The number of carbonyl (C=O) groups is 1. The van der Waals surface area contributed by atoms with Crippen molar-refractivity contribution in [3.8, 4) is 0 Å². The van der Waals surface area contributed by atoms with Gasteiger partial charge in [0.2, 0.25) is 0 Å². The lowest BCUT2D eigenvalue weighted by Gasteiger charge is -2.58. The summed E-state index contributed by atoms with van der Waals surface area (Å²) in [6.45, 7) is 4.96. The second-order valence-corrected chi connectivity index (χ2v) is 9.32. The standard InChI is InChI=1S/C21H31NO2/c1-20-11-8-19-17(18(20)6-4-14(20)9-12-22-24)5-3-15-13-16(23)7-10-21(15,19)2/h12-14,17-19,24H,3-11H2,1-2H3/b22-12+/t14?,17-,18-,19-,20+,21-/m0/s1. The highest BCUT2D eigenvalue weighted by molar-refractivity contribution is 5.91. The van der Waals surface area contributed by atoms with E-state index in [1.54, 1.807) is 6.21 Å². The lowest BCUT2D eigenvalue weighted by molar-refractivity contribution is -0.117. The van der Waals surface area contributed by atoms with Crippen molar-refractivity contribution in [3.05, 3.63) is 11.6 Å². The van der Waals surface area contributed by atoms with Gasteiger partial charge in [0, 0.05) is 12.6 Å². The van der Waals surface area contributed by atoms with Crippen LogP contribution in [0.25, 0.3) is 0 Å². The zero-order valence-corrected chi connectivity index (χ0v) is 15.1. The van der Waals surface area contributed by atoms with E-state index in [1.165, 1.54) is 37.7 Å².